The molecule has 26 heavy (non-hydrogen) atoms. The molecule has 1 atom stereocenters. The monoisotopic (exact) mass is 370 g/mol. The van der Waals surface area contributed by atoms with Crippen molar-refractivity contribution in [2.45, 2.75) is 31.2 Å². The maximum Gasteiger partial charge on any atom is 0.262 e. The predicted octanol–water partition coefficient (Wildman–Crippen LogP) is 4.44. The lowest BCUT2D eigenvalue weighted by Gasteiger charge is -2.20. The number of carbonyl (C=O) groups excluding carboxylic acids is 2. The first kappa shape index (κ1) is 18.2. The highest BCUT2D eigenvalue weighted by atomic mass is 32.2. The molecular formula is C20H19FN2O2S. The van der Waals surface area contributed by atoms with Crippen LogP contribution in [-0.4, -0.2) is 17.9 Å². The fourth-order valence-corrected chi connectivity index (χ4v) is 3.37. The van der Waals surface area contributed by atoms with Crippen molar-refractivity contribution in [2.75, 3.05) is 5.32 Å². The zero-order valence-electron chi connectivity index (χ0n) is 14.5. The van der Waals surface area contributed by atoms with Crippen LogP contribution in [-0.2, 0) is 4.79 Å². The third-order valence-corrected chi connectivity index (χ3v) is 5.21. The molecule has 0 aliphatic carbocycles. The third kappa shape index (κ3) is 3.96. The highest BCUT2D eigenvalue weighted by molar-refractivity contribution is 8.04. The van der Waals surface area contributed by atoms with E-state index in [0.717, 1.165) is 11.3 Å². The average molecular weight is 370 g/mol. The van der Waals surface area contributed by atoms with Crippen LogP contribution < -0.4 is 10.6 Å². The van der Waals surface area contributed by atoms with E-state index in [1.54, 1.807) is 36.4 Å². The number of hydrogen-bond donors (Lipinski definition) is 2. The van der Waals surface area contributed by atoms with Gasteiger partial charge in [0.2, 0.25) is 0 Å². The molecule has 2 aromatic rings. The predicted molar refractivity (Wildman–Crippen MR) is 103 cm³/mol. The van der Waals surface area contributed by atoms with E-state index in [0.29, 0.717) is 21.7 Å². The Labute approximate surface area is 155 Å². The quantitative estimate of drug-likeness (QED) is 0.783. The molecular weight excluding hydrogens is 351 g/mol. The van der Waals surface area contributed by atoms with Gasteiger partial charge in [0.1, 0.15) is 5.82 Å². The molecule has 0 saturated carbocycles. The second-order valence-corrected chi connectivity index (χ2v) is 7.16. The number of halogens is 1. The highest BCUT2D eigenvalue weighted by Crippen LogP contribution is 2.39. The van der Waals surface area contributed by atoms with Crippen LogP contribution in [0, 0.1) is 5.82 Å². The molecule has 0 unspecified atom stereocenters. The summed E-state index contributed by atoms with van der Waals surface area (Å²) >= 11 is 1.26. The number of anilines is 1. The van der Waals surface area contributed by atoms with Crippen LogP contribution in [0.5, 0.6) is 0 Å². The fourth-order valence-electron chi connectivity index (χ4n) is 2.44. The standard InChI is InChI=1S/C20H19FN2O2S/c1-3-12(2)22-19(24)14-8-9-17-16(10-14)23-20(25)18(26-17)11-13-6-4-5-7-15(13)21/h4-12H,3H2,1-2H3,(H,22,24)(H,23,25)/b18-11+/t12-/m1/s1. The summed E-state index contributed by atoms with van der Waals surface area (Å²) in [6.07, 6.45) is 2.37. The number of thioether (sulfide) groups is 1. The Balaban J connectivity index is 1.84. The van der Waals surface area contributed by atoms with Crippen LogP contribution in [0.2, 0.25) is 0 Å². The first-order chi connectivity index (χ1) is 12.5. The molecule has 1 heterocycles. The van der Waals surface area contributed by atoms with Gasteiger partial charge in [-0.25, -0.2) is 4.39 Å². The zero-order valence-corrected chi connectivity index (χ0v) is 15.3. The lowest BCUT2D eigenvalue weighted by molar-refractivity contribution is -0.112. The summed E-state index contributed by atoms with van der Waals surface area (Å²) in [5.41, 5.74) is 1.44. The maximum atomic E-state index is 13.8. The Bertz CT molecular complexity index is 895. The Hall–Kier alpha value is -2.60. The Morgan fingerprint density at radius 1 is 1.31 bits per heavy atom. The minimum Gasteiger partial charge on any atom is -0.350 e. The van der Waals surface area contributed by atoms with E-state index in [2.05, 4.69) is 10.6 Å². The summed E-state index contributed by atoms with van der Waals surface area (Å²) < 4.78 is 13.8. The van der Waals surface area contributed by atoms with Gasteiger partial charge in [0.25, 0.3) is 11.8 Å². The van der Waals surface area contributed by atoms with Crippen molar-refractivity contribution in [1.29, 1.82) is 0 Å². The molecule has 0 bridgehead atoms. The van der Waals surface area contributed by atoms with Gasteiger partial charge in [-0.2, -0.15) is 0 Å². The normalized spacial score (nSPS) is 16.0. The van der Waals surface area contributed by atoms with E-state index in [-0.39, 0.29) is 23.7 Å². The molecule has 6 heteroatoms. The molecule has 134 valence electrons. The van der Waals surface area contributed by atoms with Crippen LogP contribution >= 0.6 is 11.8 Å². The van der Waals surface area contributed by atoms with E-state index in [9.17, 15) is 14.0 Å². The molecule has 2 aromatic carbocycles. The number of benzene rings is 2. The number of hydrogen-bond acceptors (Lipinski definition) is 3. The second-order valence-electron chi connectivity index (χ2n) is 6.08. The lowest BCUT2D eigenvalue weighted by Crippen LogP contribution is -2.32. The summed E-state index contributed by atoms with van der Waals surface area (Å²) in [4.78, 5) is 25.8. The Kier molecular flexibility index (Phi) is 5.42. The summed E-state index contributed by atoms with van der Waals surface area (Å²) in [5, 5.41) is 5.68. The minimum atomic E-state index is -0.378. The van der Waals surface area contributed by atoms with Gasteiger partial charge in [0.05, 0.1) is 10.6 Å². The van der Waals surface area contributed by atoms with Crippen LogP contribution in [0.1, 0.15) is 36.2 Å². The van der Waals surface area contributed by atoms with Crippen molar-refractivity contribution < 1.29 is 14.0 Å². The number of amides is 2. The molecule has 1 aliphatic rings. The highest BCUT2D eigenvalue weighted by Gasteiger charge is 2.22. The summed E-state index contributed by atoms with van der Waals surface area (Å²) in [6, 6.07) is 11.6. The van der Waals surface area contributed by atoms with Crippen molar-refractivity contribution in [3.8, 4) is 0 Å². The number of nitrogens with one attached hydrogen (secondary N) is 2. The topological polar surface area (TPSA) is 58.2 Å². The second kappa shape index (κ2) is 7.74. The van der Waals surface area contributed by atoms with Crippen molar-refractivity contribution in [3.63, 3.8) is 0 Å². The third-order valence-electron chi connectivity index (χ3n) is 4.12. The van der Waals surface area contributed by atoms with E-state index in [4.69, 9.17) is 0 Å². The molecule has 0 saturated heterocycles. The SMILES string of the molecule is CC[C@@H](C)NC(=O)c1ccc2c(c1)NC(=O)/C(=C\c1ccccc1F)S2. The first-order valence-corrected chi connectivity index (χ1v) is 9.20. The molecule has 0 fully saturated rings. The zero-order chi connectivity index (χ0) is 18.7. The first-order valence-electron chi connectivity index (χ1n) is 8.38. The van der Waals surface area contributed by atoms with E-state index < -0.39 is 0 Å². The van der Waals surface area contributed by atoms with Gasteiger partial charge >= 0.3 is 0 Å². The molecule has 2 amide bonds. The minimum absolute atomic E-state index is 0.0813. The van der Waals surface area contributed by atoms with Crippen LogP contribution in [0.4, 0.5) is 10.1 Å². The van der Waals surface area contributed by atoms with Crippen LogP contribution in [0.15, 0.2) is 52.3 Å². The average Bonchev–Trinajstić information content (AvgIpc) is 2.63. The van der Waals surface area contributed by atoms with Gasteiger partial charge in [-0.15, -0.1) is 0 Å². The molecule has 0 aromatic heterocycles. The van der Waals surface area contributed by atoms with E-state index >= 15 is 0 Å². The van der Waals surface area contributed by atoms with Gasteiger partial charge in [0.15, 0.2) is 0 Å². The van der Waals surface area contributed by atoms with Crippen molar-refractivity contribution in [3.05, 3.63) is 64.3 Å². The fraction of sp³-hybridized carbons (Fsp3) is 0.200. The van der Waals surface area contributed by atoms with Crippen molar-refractivity contribution >= 4 is 35.3 Å². The molecule has 0 radical (unpaired) electrons. The van der Waals surface area contributed by atoms with Crippen LogP contribution in [0.25, 0.3) is 6.08 Å². The van der Waals surface area contributed by atoms with E-state index in [1.165, 1.54) is 23.9 Å². The Morgan fingerprint density at radius 2 is 2.08 bits per heavy atom. The van der Waals surface area contributed by atoms with Gasteiger partial charge < -0.3 is 10.6 Å². The van der Waals surface area contributed by atoms with Crippen molar-refractivity contribution in [1.82, 2.24) is 5.32 Å². The summed E-state index contributed by atoms with van der Waals surface area (Å²) in [7, 11) is 0. The summed E-state index contributed by atoms with van der Waals surface area (Å²) in [6.45, 7) is 3.94. The smallest absolute Gasteiger partial charge is 0.262 e. The largest absolute Gasteiger partial charge is 0.350 e. The molecule has 1 aliphatic heterocycles. The van der Waals surface area contributed by atoms with Gasteiger partial charge in [-0.05, 0) is 43.7 Å². The molecule has 2 N–H and O–H groups in total. The van der Waals surface area contributed by atoms with Crippen LogP contribution in [0.3, 0.4) is 0 Å². The maximum absolute atomic E-state index is 13.8. The lowest BCUT2D eigenvalue weighted by atomic mass is 10.1. The van der Waals surface area contributed by atoms with E-state index in [1.807, 2.05) is 13.8 Å². The summed E-state index contributed by atoms with van der Waals surface area (Å²) in [5.74, 6) is -0.865. The van der Waals surface area contributed by atoms with Gasteiger partial charge in [0, 0.05) is 22.1 Å². The number of carbonyl (C=O) groups is 2. The number of fused-ring (bicyclic) bond motifs is 1. The Morgan fingerprint density at radius 3 is 2.81 bits per heavy atom. The molecule has 0 spiro atoms. The molecule has 3 rings (SSSR count). The van der Waals surface area contributed by atoms with Crippen molar-refractivity contribution in [2.24, 2.45) is 0 Å². The molecule has 4 nitrogen and oxygen atoms in total. The van der Waals surface area contributed by atoms with Gasteiger partial charge in [-0.3, -0.25) is 9.59 Å². The number of rotatable bonds is 4. The van der Waals surface area contributed by atoms with Gasteiger partial charge in [-0.1, -0.05) is 36.9 Å².